The van der Waals surface area contributed by atoms with Gasteiger partial charge < -0.3 is 5.11 Å². The second kappa shape index (κ2) is 6.66. The van der Waals surface area contributed by atoms with E-state index in [2.05, 4.69) is 9.44 Å². The van der Waals surface area contributed by atoms with Crippen molar-refractivity contribution in [3.05, 3.63) is 52.6 Å². The zero-order valence-corrected chi connectivity index (χ0v) is 14.3. The lowest BCUT2D eigenvalue weighted by molar-refractivity contribution is -0.386. The van der Waals surface area contributed by atoms with E-state index in [1.165, 1.54) is 31.3 Å². The van der Waals surface area contributed by atoms with Crippen molar-refractivity contribution in [1.82, 2.24) is 4.72 Å². The summed E-state index contributed by atoms with van der Waals surface area (Å²) < 4.78 is 52.1. The molecule has 10 nitrogen and oxygen atoms in total. The number of nitro benzene ring substituents is 1. The monoisotopic (exact) mass is 387 g/mol. The lowest BCUT2D eigenvalue weighted by Gasteiger charge is -2.09. The van der Waals surface area contributed by atoms with E-state index >= 15 is 0 Å². The van der Waals surface area contributed by atoms with Crippen LogP contribution in [0.15, 0.2) is 52.3 Å². The van der Waals surface area contributed by atoms with Crippen molar-refractivity contribution in [2.75, 3.05) is 11.8 Å². The molecule has 2 rings (SSSR count). The minimum absolute atomic E-state index is 0.0572. The molecule has 25 heavy (non-hydrogen) atoms. The molecule has 0 atom stereocenters. The Hall–Kier alpha value is -2.70. The van der Waals surface area contributed by atoms with E-state index in [4.69, 9.17) is 0 Å². The van der Waals surface area contributed by atoms with E-state index in [-0.39, 0.29) is 10.6 Å². The van der Waals surface area contributed by atoms with Gasteiger partial charge in [-0.25, -0.2) is 21.6 Å². The highest BCUT2D eigenvalue weighted by Gasteiger charge is 2.21. The number of hydrogen-bond donors (Lipinski definition) is 3. The first-order valence-electron chi connectivity index (χ1n) is 6.60. The summed E-state index contributed by atoms with van der Waals surface area (Å²) in [6.45, 7) is 0. The van der Waals surface area contributed by atoms with E-state index in [0.717, 1.165) is 18.2 Å². The molecule has 0 bridgehead atoms. The van der Waals surface area contributed by atoms with Gasteiger partial charge >= 0.3 is 5.69 Å². The molecule has 0 heterocycles. The van der Waals surface area contributed by atoms with Crippen LogP contribution >= 0.6 is 0 Å². The molecule has 0 aromatic heterocycles. The minimum Gasteiger partial charge on any atom is -0.502 e. The standard InChI is InChI=1S/C13H13N3O7S2/c1-14-24(20,21)10-4-2-9(3-5-10)15-25(22,23)11-6-7-13(17)12(8-11)16(18)19/h2-8,14-15,17H,1H3. The molecule has 0 spiro atoms. The lowest BCUT2D eigenvalue weighted by Crippen LogP contribution is -2.18. The molecular formula is C13H13N3O7S2. The van der Waals surface area contributed by atoms with E-state index in [1.54, 1.807) is 0 Å². The summed E-state index contributed by atoms with van der Waals surface area (Å²) in [4.78, 5) is 9.39. The molecular weight excluding hydrogens is 374 g/mol. The summed E-state index contributed by atoms with van der Waals surface area (Å²) in [6.07, 6.45) is 0. The Labute approximate surface area is 143 Å². The Balaban J connectivity index is 2.33. The van der Waals surface area contributed by atoms with Crippen molar-refractivity contribution in [3.8, 4) is 5.75 Å². The number of nitrogens with one attached hydrogen (secondary N) is 2. The van der Waals surface area contributed by atoms with Crippen molar-refractivity contribution >= 4 is 31.4 Å². The summed E-state index contributed by atoms with van der Waals surface area (Å²) in [7, 11) is -6.59. The van der Waals surface area contributed by atoms with Crippen molar-refractivity contribution < 1.29 is 26.9 Å². The smallest absolute Gasteiger partial charge is 0.312 e. The number of nitro groups is 1. The van der Waals surface area contributed by atoms with Gasteiger partial charge in [-0.3, -0.25) is 14.8 Å². The summed E-state index contributed by atoms with van der Waals surface area (Å²) in [5, 5.41) is 20.2. The Bertz CT molecular complexity index is 1020. The molecule has 0 aliphatic carbocycles. The Morgan fingerprint density at radius 2 is 1.52 bits per heavy atom. The Morgan fingerprint density at radius 1 is 0.960 bits per heavy atom. The van der Waals surface area contributed by atoms with Crippen molar-refractivity contribution in [2.24, 2.45) is 0 Å². The lowest BCUT2D eigenvalue weighted by atomic mass is 10.3. The van der Waals surface area contributed by atoms with Crippen LogP contribution in [0, 0.1) is 10.1 Å². The fourth-order valence-corrected chi connectivity index (χ4v) is 3.66. The van der Waals surface area contributed by atoms with Crippen molar-refractivity contribution in [1.29, 1.82) is 0 Å². The zero-order valence-electron chi connectivity index (χ0n) is 12.7. The first kappa shape index (κ1) is 18.6. The topological polar surface area (TPSA) is 156 Å². The maximum atomic E-state index is 12.3. The minimum atomic E-state index is -4.17. The Morgan fingerprint density at radius 3 is 2.04 bits per heavy atom. The van der Waals surface area contributed by atoms with Gasteiger partial charge in [0.25, 0.3) is 10.0 Å². The van der Waals surface area contributed by atoms with Crippen LogP contribution in [0.25, 0.3) is 0 Å². The normalized spacial score (nSPS) is 11.9. The number of phenols is 1. The second-order valence-corrected chi connectivity index (χ2v) is 8.31. The van der Waals surface area contributed by atoms with Gasteiger partial charge in [-0.05, 0) is 43.4 Å². The van der Waals surface area contributed by atoms with Crippen LogP contribution in [0.4, 0.5) is 11.4 Å². The molecule has 0 radical (unpaired) electrons. The molecule has 0 saturated carbocycles. The summed E-state index contributed by atoms with van der Waals surface area (Å²) in [5.41, 5.74) is -0.691. The number of benzene rings is 2. The third-order valence-corrected chi connectivity index (χ3v) is 5.95. The van der Waals surface area contributed by atoms with Crippen molar-refractivity contribution in [2.45, 2.75) is 9.79 Å². The number of sulfonamides is 2. The van der Waals surface area contributed by atoms with Crippen LogP contribution in [-0.2, 0) is 20.0 Å². The molecule has 134 valence electrons. The average molecular weight is 387 g/mol. The predicted molar refractivity (Wildman–Crippen MR) is 88.3 cm³/mol. The third-order valence-electron chi connectivity index (χ3n) is 3.14. The molecule has 0 unspecified atom stereocenters. The average Bonchev–Trinajstić information content (AvgIpc) is 2.55. The number of phenolic OH excluding ortho intramolecular Hbond substituents is 1. The molecule has 0 aliphatic heterocycles. The fourth-order valence-electron chi connectivity index (χ4n) is 1.85. The molecule has 3 N–H and O–H groups in total. The fraction of sp³-hybridized carbons (Fsp3) is 0.0769. The van der Waals surface area contributed by atoms with Crippen LogP contribution < -0.4 is 9.44 Å². The van der Waals surface area contributed by atoms with E-state index in [1.807, 2.05) is 0 Å². The van der Waals surface area contributed by atoms with Crippen LogP contribution in [-0.4, -0.2) is 33.9 Å². The highest BCUT2D eigenvalue weighted by atomic mass is 32.2. The largest absolute Gasteiger partial charge is 0.502 e. The predicted octanol–water partition coefficient (Wildman–Crippen LogP) is 1.01. The third kappa shape index (κ3) is 4.04. The van der Waals surface area contributed by atoms with Crippen LogP contribution in [0.3, 0.4) is 0 Å². The van der Waals surface area contributed by atoms with Gasteiger partial charge in [0.2, 0.25) is 10.0 Å². The van der Waals surface area contributed by atoms with Gasteiger partial charge in [0, 0.05) is 11.8 Å². The van der Waals surface area contributed by atoms with E-state index in [9.17, 15) is 32.1 Å². The van der Waals surface area contributed by atoms with Crippen molar-refractivity contribution in [3.63, 3.8) is 0 Å². The number of anilines is 1. The maximum Gasteiger partial charge on any atom is 0.312 e. The van der Waals surface area contributed by atoms with Gasteiger partial charge in [-0.1, -0.05) is 0 Å². The molecule has 0 saturated heterocycles. The number of aromatic hydroxyl groups is 1. The zero-order chi connectivity index (χ0) is 18.8. The molecule has 0 fully saturated rings. The first-order valence-corrected chi connectivity index (χ1v) is 9.57. The van der Waals surface area contributed by atoms with Gasteiger partial charge in [0.15, 0.2) is 5.75 Å². The van der Waals surface area contributed by atoms with Crippen LogP contribution in [0.5, 0.6) is 5.75 Å². The summed E-state index contributed by atoms with van der Waals surface area (Å²) >= 11 is 0. The van der Waals surface area contributed by atoms with Crippen LogP contribution in [0.1, 0.15) is 0 Å². The number of rotatable bonds is 6. The maximum absolute atomic E-state index is 12.3. The van der Waals surface area contributed by atoms with Gasteiger partial charge in [0.1, 0.15) is 0 Å². The van der Waals surface area contributed by atoms with E-state index < -0.39 is 41.3 Å². The van der Waals surface area contributed by atoms with Gasteiger partial charge in [0.05, 0.1) is 14.7 Å². The SMILES string of the molecule is CNS(=O)(=O)c1ccc(NS(=O)(=O)c2ccc(O)c([N+](=O)[O-])c2)cc1. The number of nitrogens with zero attached hydrogens (tertiary/aromatic N) is 1. The quantitative estimate of drug-likeness (QED) is 0.493. The summed E-state index contributed by atoms with van der Waals surface area (Å²) in [6, 6.07) is 7.48. The second-order valence-electron chi connectivity index (χ2n) is 4.75. The highest BCUT2D eigenvalue weighted by Crippen LogP contribution is 2.29. The molecule has 0 amide bonds. The Kier molecular flexibility index (Phi) is 4.97. The van der Waals surface area contributed by atoms with Crippen LogP contribution in [0.2, 0.25) is 0 Å². The molecule has 2 aromatic rings. The molecule has 12 heteroatoms. The highest BCUT2D eigenvalue weighted by molar-refractivity contribution is 7.92. The molecule has 0 aliphatic rings. The van der Waals surface area contributed by atoms with Gasteiger partial charge in [-0.2, -0.15) is 0 Å². The van der Waals surface area contributed by atoms with E-state index in [0.29, 0.717) is 0 Å². The number of hydrogen-bond acceptors (Lipinski definition) is 7. The molecule has 2 aromatic carbocycles. The first-order chi connectivity index (χ1) is 11.6. The van der Waals surface area contributed by atoms with Gasteiger partial charge in [-0.15, -0.1) is 0 Å². The summed E-state index contributed by atoms with van der Waals surface area (Å²) in [5.74, 6) is -0.662.